The van der Waals surface area contributed by atoms with Gasteiger partial charge < -0.3 is 10.2 Å². The summed E-state index contributed by atoms with van der Waals surface area (Å²) in [7, 11) is 4.04. The lowest BCUT2D eigenvalue weighted by atomic mass is 10.0. The molecule has 112 valence electrons. The number of rotatable bonds is 7. The summed E-state index contributed by atoms with van der Waals surface area (Å²) in [6, 6.07) is 11.0. The molecule has 0 bridgehead atoms. The first kappa shape index (κ1) is 15.6. The van der Waals surface area contributed by atoms with Gasteiger partial charge in [-0.2, -0.15) is 0 Å². The van der Waals surface area contributed by atoms with E-state index in [1.807, 2.05) is 31.4 Å². The van der Waals surface area contributed by atoms with Gasteiger partial charge >= 0.3 is 0 Å². The zero-order valence-corrected chi connectivity index (χ0v) is 12.6. The minimum Gasteiger partial charge on any atom is -0.313 e. The largest absolute Gasteiger partial charge is 0.313 e. The SMILES string of the molecule is CNC(CCN(C)Cc1cccnc1)c1ccc(F)cc1. The third-order valence-electron chi connectivity index (χ3n) is 3.60. The standard InChI is InChI=1S/C17H22FN3/c1-19-17(15-5-7-16(18)8-6-15)9-11-21(2)13-14-4-3-10-20-12-14/h3-8,10,12,17,19H,9,11,13H2,1-2H3. The van der Waals surface area contributed by atoms with Crippen LogP contribution in [0.5, 0.6) is 0 Å². The van der Waals surface area contributed by atoms with Crippen LogP contribution in [-0.4, -0.2) is 30.5 Å². The van der Waals surface area contributed by atoms with Gasteiger partial charge in [0.15, 0.2) is 0 Å². The van der Waals surface area contributed by atoms with Crippen molar-refractivity contribution in [2.24, 2.45) is 0 Å². The smallest absolute Gasteiger partial charge is 0.123 e. The Kier molecular flexibility index (Phi) is 5.84. The van der Waals surface area contributed by atoms with E-state index in [0.717, 1.165) is 25.1 Å². The average Bonchev–Trinajstić information content (AvgIpc) is 2.50. The molecule has 0 spiro atoms. The van der Waals surface area contributed by atoms with Crippen LogP contribution < -0.4 is 5.32 Å². The Labute approximate surface area is 125 Å². The maximum atomic E-state index is 13.0. The predicted molar refractivity (Wildman–Crippen MR) is 83.4 cm³/mol. The summed E-state index contributed by atoms with van der Waals surface area (Å²) < 4.78 is 13.0. The molecule has 2 rings (SSSR count). The first-order valence-corrected chi connectivity index (χ1v) is 7.19. The van der Waals surface area contributed by atoms with Crippen LogP contribution in [0.25, 0.3) is 0 Å². The lowest BCUT2D eigenvalue weighted by molar-refractivity contribution is 0.303. The van der Waals surface area contributed by atoms with E-state index in [0.29, 0.717) is 0 Å². The van der Waals surface area contributed by atoms with Crippen LogP contribution in [0.1, 0.15) is 23.6 Å². The van der Waals surface area contributed by atoms with Gasteiger partial charge in [0.1, 0.15) is 5.82 Å². The zero-order valence-electron chi connectivity index (χ0n) is 12.6. The van der Waals surface area contributed by atoms with Crippen molar-refractivity contribution in [3.05, 3.63) is 65.7 Å². The molecule has 1 aromatic carbocycles. The number of hydrogen-bond donors (Lipinski definition) is 1. The third-order valence-corrected chi connectivity index (χ3v) is 3.60. The van der Waals surface area contributed by atoms with E-state index in [9.17, 15) is 4.39 Å². The molecule has 1 N–H and O–H groups in total. The van der Waals surface area contributed by atoms with Crippen molar-refractivity contribution in [3.8, 4) is 0 Å². The molecule has 4 heteroatoms. The first-order chi connectivity index (χ1) is 10.2. The number of pyridine rings is 1. The van der Waals surface area contributed by atoms with Crippen LogP contribution in [0.15, 0.2) is 48.8 Å². The lowest BCUT2D eigenvalue weighted by Gasteiger charge is -2.21. The molecule has 0 aliphatic heterocycles. The van der Waals surface area contributed by atoms with E-state index in [4.69, 9.17) is 0 Å². The number of halogens is 1. The lowest BCUT2D eigenvalue weighted by Crippen LogP contribution is -2.25. The number of nitrogens with one attached hydrogen (secondary N) is 1. The van der Waals surface area contributed by atoms with E-state index in [1.165, 1.54) is 17.7 Å². The molecular weight excluding hydrogens is 265 g/mol. The molecule has 0 fully saturated rings. The fourth-order valence-corrected chi connectivity index (χ4v) is 2.40. The number of nitrogens with zero attached hydrogens (tertiary/aromatic N) is 2. The Bertz CT molecular complexity index is 527. The summed E-state index contributed by atoms with van der Waals surface area (Å²) >= 11 is 0. The summed E-state index contributed by atoms with van der Waals surface area (Å²) in [5.41, 5.74) is 2.33. The molecule has 0 radical (unpaired) electrons. The van der Waals surface area contributed by atoms with Crippen LogP contribution in [-0.2, 0) is 6.54 Å². The highest BCUT2D eigenvalue weighted by Crippen LogP contribution is 2.17. The van der Waals surface area contributed by atoms with Crippen LogP contribution in [0.2, 0.25) is 0 Å². The van der Waals surface area contributed by atoms with Crippen LogP contribution in [0.3, 0.4) is 0 Å². The molecule has 0 aliphatic rings. The maximum absolute atomic E-state index is 13.0. The molecule has 1 heterocycles. The van der Waals surface area contributed by atoms with E-state index >= 15 is 0 Å². The summed E-state index contributed by atoms with van der Waals surface area (Å²) in [6.07, 6.45) is 4.65. The van der Waals surface area contributed by atoms with Gasteiger partial charge in [-0.3, -0.25) is 4.98 Å². The molecule has 0 saturated carbocycles. The van der Waals surface area contributed by atoms with Gasteiger partial charge in [-0.05, 0) is 56.4 Å². The van der Waals surface area contributed by atoms with Crippen molar-refractivity contribution < 1.29 is 4.39 Å². The van der Waals surface area contributed by atoms with Gasteiger partial charge in [0, 0.05) is 25.0 Å². The van der Waals surface area contributed by atoms with Crippen LogP contribution in [0.4, 0.5) is 4.39 Å². The van der Waals surface area contributed by atoms with E-state index in [-0.39, 0.29) is 11.9 Å². The molecule has 1 unspecified atom stereocenters. The van der Waals surface area contributed by atoms with Gasteiger partial charge in [-0.25, -0.2) is 4.39 Å². The second-order valence-corrected chi connectivity index (χ2v) is 5.28. The molecule has 0 amide bonds. The summed E-state index contributed by atoms with van der Waals surface area (Å²) in [5.74, 6) is -0.192. The minimum absolute atomic E-state index is 0.192. The summed E-state index contributed by atoms with van der Waals surface area (Å²) in [6.45, 7) is 1.84. The Morgan fingerprint density at radius 2 is 2.00 bits per heavy atom. The second-order valence-electron chi connectivity index (χ2n) is 5.28. The van der Waals surface area contributed by atoms with Crippen molar-refractivity contribution in [2.45, 2.75) is 19.0 Å². The van der Waals surface area contributed by atoms with Crippen molar-refractivity contribution in [2.75, 3.05) is 20.6 Å². The highest BCUT2D eigenvalue weighted by molar-refractivity contribution is 5.19. The Balaban J connectivity index is 1.86. The Morgan fingerprint density at radius 3 is 2.62 bits per heavy atom. The van der Waals surface area contributed by atoms with Gasteiger partial charge in [0.2, 0.25) is 0 Å². The van der Waals surface area contributed by atoms with Crippen molar-refractivity contribution in [1.29, 1.82) is 0 Å². The fraction of sp³-hybridized carbons (Fsp3) is 0.353. The highest BCUT2D eigenvalue weighted by Gasteiger charge is 2.10. The van der Waals surface area contributed by atoms with E-state index < -0.39 is 0 Å². The third kappa shape index (κ3) is 4.92. The monoisotopic (exact) mass is 287 g/mol. The van der Waals surface area contributed by atoms with Crippen molar-refractivity contribution >= 4 is 0 Å². The fourth-order valence-electron chi connectivity index (χ4n) is 2.40. The number of aromatic nitrogens is 1. The molecule has 1 atom stereocenters. The van der Waals surface area contributed by atoms with Crippen LogP contribution in [0, 0.1) is 5.82 Å². The van der Waals surface area contributed by atoms with Crippen molar-refractivity contribution in [1.82, 2.24) is 15.2 Å². The maximum Gasteiger partial charge on any atom is 0.123 e. The van der Waals surface area contributed by atoms with E-state index in [1.54, 1.807) is 6.20 Å². The molecule has 3 nitrogen and oxygen atoms in total. The quantitative estimate of drug-likeness (QED) is 0.848. The molecule has 0 aliphatic carbocycles. The van der Waals surface area contributed by atoms with E-state index in [2.05, 4.69) is 28.3 Å². The molecule has 2 aromatic rings. The molecule has 1 aromatic heterocycles. The topological polar surface area (TPSA) is 28.2 Å². The van der Waals surface area contributed by atoms with Gasteiger partial charge in [-0.15, -0.1) is 0 Å². The molecular formula is C17H22FN3. The second kappa shape index (κ2) is 7.86. The Hall–Kier alpha value is -1.78. The zero-order chi connectivity index (χ0) is 15.1. The number of hydrogen-bond acceptors (Lipinski definition) is 3. The number of benzene rings is 1. The minimum atomic E-state index is -0.192. The van der Waals surface area contributed by atoms with Gasteiger partial charge in [0.05, 0.1) is 0 Å². The summed E-state index contributed by atoms with van der Waals surface area (Å²) in [4.78, 5) is 6.40. The first-order valence-electron chi connectivity index (χ1n) is 7.19. The molecule has 21 heavy (non-hydrogen) atoms. The van der Waals surface area contributed by atoms with Crippen molar-refractivity contribution in [3.63, 3.8) is 0 Å². The van der Waals surface area contributed by atoms with Gasteiger partial charge in [-0.1, -0.05) is 18.2 Å². The average molecular weight is 287 g/mol. The Morgan fingerprint density at radius 1 is 1.24 bits per heavy atom. The summed E-state index contributed by atoms with van der Waals surface area (Å²) in [5, 5.41) is 3.30. The normalized spacial score (nSPS) is 12.6. The van der Waals surface area contributed by atoms with Gasteiger partial charge in [0.25, 0.3) is 0 Å². The predicted octanol–water partition coefficient (Wildman–Crippen LogP) is 3.00. The highest BCUT2D eigenvalue weighted by atomic mass is 19.1. The van der Waals surface area contributed by atoms with Crippen LogP contribution >= 0.6 is 0 Å². The molecule has 0 saturated heterocycles.